The Bertz CT molecular complexity index is 368. The van der Waals surface area contributed by atoms with Crippen LogP contribution in [0.15, 0.2) is 12.1 Å². The van der Waals surface area contributed by atoms with E-state index in [-0.39, 0.29) is 12.4 Å². The minimum atomic E-state index is 0.0819. The van der Waals surface area contributed by atoms with Crippen LogP contribution in [0, 0.1) is 11.8 Å². The Morgan fingerprint density at radius 1 is 1.57 bits per heavy atom. The normalized spacial score (nSPS) is 9.29. The van der Waals surface area contributed by atoms with Crippen molar-refractivity contribution in [2.24, 2.45) is 0 Å². The molecule has 1 aromatic rings. The highest BCUT2D eigenvalue weighted by molar-refractivity contribution is 7.14. The molecular formula is C11H12O2S. The largest absolute Gasteiger partial charge is 0.396 e. The minimum absolute atomic E-state index is 0.0819. The van der Waals surface area contributed by atoms with Gasteiger partial charge in [-0.1, -0.05) is 11.8 Å². The summed E-state index contributed by atoms with van der Waals surface area (Å²) in [4.78, 5) is 12.6. The van der Waals surface area contributed by atoms with Gasteiger partial charge >= 0.3 is 0 Å². The molecule has 0 aromatic carbocycles. The number of carbonyl (C=O) groups excluding carboxylic acids is 1. The zero-order chi connectivity index (χ0) is 10.4. The van der Waals surface area contributed by atoms with Crippen molar-refractivity contribution in [1.29, 1.82) is 0 Å². The molecule has 1 heterocycles. The van der Waals surface area contributed by atoms with Gasteiger partial charge in [0.15, 0.2) is 5.78 Å². The summed E-state index contributed by atoms with van der Waals surface area (Å²) in [5.74, 6) is 5.99. The molecule has 0 radical (unpaired) electrons. The van der Waals surface area contributed by atoms with Gasteiger partial charge in [-0.15, -0.1) is 11.3 Å². The van der Waals surface area contributed by atoms with E-state index in [4.69, 9.17) is 5.11 Å². The molecule has 0 fully saturated rings. The summed E-state index contributed by atoms with van der Waals surface area (Å²) < 4.78 is 0. The average Bonchev–Trinajstić information content (AvgIpc) is 2.61. The fraction of sp³-hybridized carbons (Fsp3) is 0.364. The van der Waals surface area contributed by atoms with E-state index in [0.29, 0.717) is 12.8 Å². The van der Waals surface area contributed by atoms with Gasteiger partial charge in [-0.3, -0.25) is 4.79 Å². The SMILES string of the molecule is CC(=O)c1ccc(C#CCCCO)s1. The predicted octanol–water partition coefficient (Wildman–Crippen LogP) is 2.07. The molecule has 0 amide bonds. The van der Waals surface area contributed by atoms with Gasteiger partial charge in [-0.25, -0.2) is 0 Å². The molecule has 1 aromatic heterocycles. The number of carbonyl (C=O) groups is 1. The monoisotopic (exact) mass is 208 g/mol. The molecule has 74 valence electrons. The van der Waals surface area contributed by atoms with E-state index in [1.165, 1.54) is 11.3 Å². The number of aliphatic hydroxyl groups is 1. The summed E-state index contributed by atoms with van der Waals surface area (Å²) in [7, 11) is 0. The fourth-order valence-corrected chi connectivity index (χ4v) is 1.69. The summed E-state index contributed by atoms with van der Waals surface area (Å²) in [5.41, 5.74) is 0. The zero-order valence-electron chi connectivity index (χ0n) is 8.04. The van der Waals surface area contributed by atoms with Gasteiger partial charge in [0, 0.05) is 13.0 Å². The van der Waals surface area contributed by atoms with Crippen molar-refractivity contribution < 1.29 is 9.90 Å². The Morgan fingerprint density at radius 2 is 2.36 bits per heavy atom. The third-order valence-corrected chi connectivity index (χ3v) is 2.73. The van der Waals surface area contributed by atoms with Crippen molar-refractivity contribution in [2.75, 3.05) is 6.61 Å². The summed E-state index contributed by atoms with van der Waals surface area (Å²) in [6, 6.07) is 3.65. The lowest BCUT2D eigenvalue weighted by Gasteiger charge is -1.84. The maximum Gasteiger partial charge on any atom is 0.169 e. The van der Waals surface area contributed by atoms with Crippen LogP contribution in [-0.4, -0.2) is 17.5 Å². The zero-order valence-corrected chi connectivity index (χ0v) is 8.86. The third-order valence-electron chi connectivity index (χ3n) is 1.62. The molecule has 0 saturated heterocycles. The van der Waals surface area contributed by atoms with Crippen molar-refractivity contribution in [3.8, 4) is 11.8 Å². The number of ketones is 1. The maximum atomic E-state index is 11.0. The number of hydrogen-bond acceptors (Lipinski definition) is 3. The summed E-state index contributed by atoms with van der Waals surface area (Å²) >= 11 is 1.41. The summed E-state index contributed by atoms with van der Waals surface area (Å²) in [6.07, 6.45) is 1.40. The van der Waals surface area contributed by atoms with Crippen molar-refractivity contribution in [3.63, 3.8) is 0 Å². The van der Waals surface area contributed by atoms with Gasteiger partial charge in [0.1, 0.15) is 0 Å². The summed E-state index contributed by atoms with van der Waals surface area (Å²) in [6.45, 7) is 1.73. The molecule has 14 heavy (non-hydrogen) atoms. The molecule has 0 aliphatic rings. The lowest BCUT2D eigenvalue weighted by atomic mass is 10.3. The van der Waals surface area contributed by atoms with Crippen LogP contribution >= 0.6 is 11.3 Å². The number of aliphatic hydroxyl groups excluding tert-OH is 1. The first kappa shape index (κ1) is 11.0. The van der Waals surface area contributed by atoms with Crippen LogP contribution in [-0.2, 0) is 0 Å². The number of Topliss-reactive ketones (excluding diaryl/α,β-unsaturated/α-hetero) is 1. The van der Waals surface area contributed by atoms with Crippen molar-refractivity contribution in [3.05, 3.63) is 21.9 Å². The first-order valence-corrected chi connectivity index (χ1v) is 5.26. The molecule has 0 aliphatic carbocycles. The number of thiophene rings is 1. The fourth-order valence-electron chi connectivity index (χ4n) is 0.911. The molecular weight excluding hydrogens is 196 g/mol. The highest BCUT2D eigenvalue weighted by Crippen LogP contribution is 2.15. The molecule has 1 rings (SSSR count). The lowest BCUT2D eigenvalue weighted by molar-refractivity contribution is 0.102. The van der Waals surface area contributed by atoms with Crippen molar-refractivity contribution in [2.45, 2.75) is 19.8 Å². The van der Waals surface area contributed by atoms with Crippen LogP contribution in [0.2, 0.25) is 0 Å². The van der Waals surface area contributed by atoms with Crippen LogP contribution in [0.25, 0.3) is 0 Å². The summed E-state index contributed by atoms with van der Waals surface area (Å²) in [5, 5.41) is 8.53. The van der Waals surface area contributed by atoms with E-state index in [0.717, 1.165) is 9.75 Å². The van der Waals surface area contributed by atoms with Gasteiger partial charge in [-0.05, 0) is 25.5 Å². The van der Waals surface area contributed by atoms with Gasteiger partial charge < -0.3 is 5.11 Å². The van der Waals surface area contributed by atoms with E-state index >= 15 is 0 Å². The highest BCUT2D eigenvalue weighted by atomic mass is 32.1. The molecule has 1 N–H and O–H groups in total. The van der Waals surface area contributed by atoms with Crippen LogP contribution < -0.4 is 0 Å². The van der Waals surface area contributed by atoms with E-state index < -0.39 is 0 Å². The first-order valence-electron chi connectivity index (χ1n) is 4.44. The number of rotatable bonds is 3. The number of hydrogen-bond donors (Lipinski definition) is 1. The van der Waals surface area contributed by atoms with Crippen LogP contribution in [0.5, 0.6) is 0 Å². The predicted molar refractivity (Wildman–Crippen MR) is 57.5 cm³/mol. The molecule has 0 saturated carbocycles. The second kappa shape index (κ2) is 5.58. The molecule has 3 heteroatoms. The quantitative estimate of drug-likeness (QED) is 0.469. The molecule has 0 aliphatic heterocycles. The topological polar surface area (TPSA) is 37.3 Å². The maximum absolute atomic E-state index is 11.0. The Balaban J connectivity index is 2.58. The van der Waals surface area contributed by atoms with Crippen LogP contribution in [0.4, 0.5) is 0 Å². The smallest absolute Gasteiger partial charge is 0.169 e. The molecule has 2 nitrogen and oxygen atoms in total. The number of unbranched alkanes of at least 4 members (excludes halogenated alkanes) is 1. The van der Waals surface area contributed by atoms with E-state index in [9.17, 15) is 4.79 Å². The minimum Gasteiger partial charge on any atom is -0.396 e. The lowest BCUT2D eigenvalue weighted by Crippen LogP contribution is -1.83. The van der Waals surface area contributed by atoms with Crippen molar-refractivity contribution >= 4 is 17.1 Å². The van der Waals surface area contributed by atoms with Gasteiger partial charge in [0.25, 0.3) is 0 Å². The van der Waals surface area contributed by atoms with Crippen LogP contribution in [0.1, 0.15) is 34.3 Å². The van der Waals surface area contributed by atoms with E-state index in [1.54, 1.807) is 13.0 Å². The van der Waals surface area contributed by atoms with E-state index in [2.05, 4.69) is 11.8 Å². The Hall–Kier alpha value is -1.11. The standard InChI is InChI=1S/C11H12O2S/c1-9(13)11-7-6-10(14-11)5-3-2-4-8-12/h6-7,12H,2,4,8H2,1H3. The molecule has 0 spiro atoms. The van der Waals surface area contributed by atoms with E-state index in [1.807, 2.05) is 6.07 Å². The van der Waals surface area contributed by atoms with Gasteiger partial charge in [-0.2, -0.15) is 0 Å². The Kier molecular flexibility index (Phi) is 4.37. The Labute approximate surface area is 87.6 Å². The average molecular weight is 208 g/mol. The van der Waals surface area contributed by atoms with Crippen molar-refractivity contribution in [1.82, 2.24) is 0 Å². The van der Waals surface area contributed by atoms with Gasteiger partial charge in [0.05, 0.1) is 9.75 Å². The first-order chi connectivity index (χ1) is 6.74. The second-order valence-electron chi connectivity index (χ2n) is 2.85. The van der Waals surface area contributed by atoms with Crippen LogP contribution in [0.3, 0.4) is 0 Å². The molecule has 0 atom stereocenters. The Morgan fingerprint density at radius 3 is 2.93 bits per heavy atom. The van der Waals surface area contributed by atoms with Gasteiger partial charge in [0.2, 0.25) is 0 Å². The molecule has 0 unspecified atom stereocenters. The molecule has 0 bridgehead atoms. The third kappa shape index (κ3) is 3.33. The second-order valence-corrected chi connectivity index (χ2v) is 3.93. The highest BCUT2D eigenvalue weighted by Gasteiger charge is 2.01.